The van der Waals surface area contributed by atoms with E-state index in [1.165, 1.54) is 0 Å². The average Bonchev–Trinajstić information content (AvgIpc) is 1.88. The van der Waals surface area contributed by atoms with Crippen LogP contribution in [-0.4, -0.2) is 11.2 Å². The summed E-state index contributed by atoms with van der Waals surface area (Å²) < 4.78 is 0. The van der Waals surface area contributed by atoms with Crippen LogP contribution in [0.2, 0.25) is 0 Å². The third-order valence-electron chi connectivity index (χ3n) is 1.06. The van der Waals surface area contributed by atoms with Gasteiger partial charge in [0.15, 0.2) is 0 Å². The van der Waals surface area contributed by atoms with Crippen molar-refractivity contribution in [2.45, 2.75) is 25.8 Å². The third-order valence-corrected chi connectivity index (χ3v) is 1.17. The lowest BCUT2D eigenvalue weighted by Gasteiger charge is -1.99. The topological polar surface area (TPSA) is 12.4 Å². The molecule has 0 N–H and O–H groups in total. The Hall–Kier alpha value is -0.640. The van der Waals surface area contributed by atoms with Crippen LogP contribution >= 0.6 is 12.2 Å². The summed E-state index contributed by atoms with van der Waals surface area (Å²) in [7, 11) is 0. The van der Waals surface area contributed by atoms with Crippen molar-refractivity contribution in [3.8, 4) is 12.3 Å². The molecule has 0 aromatic heterocycles. The SMILES string of the molecule is C#CCC(CC)N=C=S. The van der Waals surface area contributed by atoms with Gasteiger partial charge < -0.3 is 0 Å². The lowest BCUT2D eigenvalue weighted by atomic mass is 10.2. The molecule has 0 saturated heterocycles. The van der Waals surface area contributed by atoms with Gasteiger partial charge in [-0.3, -0.25) is 0 Å². The smallest absolute Gasteiger partial charge is 0.0709 e. The fraction of sp³-hybridized carbons (Fsp3) is 0.571. The largest absolute Gasteiger partial charge is 0.228 e. The summed E-state index contributed by atoms with van der Waals surface area (Å²) in [5, 5.41) is 2.32. The highest BCUT2D eigenvalue weighted by Crippen LogP contribution is 1.99. The van der Waals surface area contributed by atoms with E-state index in [4.69, 9.17) is 6.42 Å². The van der Waals surface area contributed by atoms with Crippen molar-refractivity contribution in [1.82, 2.24) is 0 Å². The summed E-state index contributed by atoms with van der Waals surface area (Å²) >= 11 is 4.42. The van der Waals surface area contributed by atoms with E-state index in [1.54, 1.807) is 0 Å². The summed E-state index contributed by atoms with van der Waals surface area (Å²) in [4.78, 5) is 3.85. The maximum atomic E-state index is 5.06. The lowest BCUT2D eigenvalue weighted by Crippen LogP contribution is -1.98. The zero-order valence-electron chi connectivity index (χ0n) is 5.42. The van der Waals surface area contributed by atoms with Gasteiger partial charge in [-0.1, -0.05) is 6.92 Å². The van der Waals surface area contributed by atoms with Gasteiger partial charge in [-0.25, -0.2) is 4.99 Å². The maximum Gasteiger partial charge on any atom is 0.0709 e. The summed E-state index contributed by atoms with van der Waals surface area (Å²) in [6, 6.07) is 0.188. The van der Waals surface area contributed by atoms with Crippen LogP contribution in [0.1, 0.15) is 19.8 Å². The lowest BCUT2D eigenvalue weighted by molar-refractivity contribution is 0.676. The van der Waals surface area contributed by atoms with Crippen LogP contribution in [0.15, 0.2) is 4.99 Å². The van der Waals surface area contributed by atoms with Gasteiger partial charge in [0, 0.05) is 6.42 Å². The Kier molecular flexibility index (Phi) is 5.11. The number of nitrogens with zero attached hydrogens (tertiary/aromatic N) is 1. The molecule has 0 radical (unpaired) electrons. The Morgan fingerprint density at radius 1 is 1.78 bits per heavy atom. The standard InChI is InChI=1S/C7H9NS/c1-3-5-7(4-2)8-6-9/h1,7H,4-5H2,2H3. The van der Waals surface area contributed by atoms with Crippen molar-refractivity contribution >= 4 is 17.4 Å². The van der Waals surface area contributed by atoms with Gasteiger partial charge in [0.2, 0.25) is 0 Å². The van der Waals surface area contributed by atoms with Crippen molar-refractivity contribution in [3.63, 3.8) is 0 Å². The van der Waals surface area contributed by atoms with Gasteiger partial charge in [0.25, 0.3) is 0 Å². The van der Waals surface area contributed by atoms with E-state index in [0.29, 0.717) is 6.42 Å². The van der Waals surface area contributed by atoms with Crippen LogP contribution in [-0.2, 0) is 0 Å². The van der Waals surface area contributed by atoms with E-state index >= 15 is 0 Å². The number of aliphatic imine (C=N–C) groups is 1. The van der Waals surface area contributed by atoms with Crippen LogP contribution in [0.3, 0.4) is 0 Å². The number of hydrogen-bond acceptors (Lipinski definition) is 2. The Morgan fingerprint density at radius 2 is 2.44 bits per heavy atom. The highest BCUT2D eigenvalue weighted by atomic mass is 32.1. The molecule has 0 aliphatic carbocycles. The summed E-state index contributed by atoms with van der Waals surface area (Å²) in [6.07, 6.45) is 6.67. The molecule has 0 fully saturated rings. The highest BCUT2D eigenvalue weighted by molar-refractivity contribution is 7.78. The molecule has 0 saturated carbocycles. The predicted molar refractivity (Wildman–Crippen MR) is 42.6 cm³/mol. The van der Waals surface area contributed by atoms with Crippen molar-refractivity contribution in [2.24, 2.45) is 4.99 Å². The first-order chi connectivity index (χ1) is 4.35. The Morgan fingerprint density at radius 3 is 2.78 bits per heavy atom. The second-order valence-electron chi connectivity index (χ2n) is 1.69. The number of rotatable bonds is 3. The number of isothiocyanates is 1. The van der Waals surface area contributed by atoms with Crippen molar-refractivity contribution < 1.29 is 0 Å². The van der Waals surface area contributed by atoms with Gasteiger partial charge in [-0.2, -0.15) is 0 Å². The molecule has 0 aromatic carbocycles. The molecule has 1 nitrogen and oxygen atoms in total. The summed E-state index contributed by atoms with van der Waals surface area (Å²) in [5.41, 5.74) is 0. The van der Waals surface area contributed by atoms with Crippen molar-refractivity contribution in [2.75, 3.05) is 0 Å². The van der Waals surface area contributed by atoms with Crippen molar-refractivity contribution in [3.05, 3.63) is 0 Å². The summed E-state index contributed by atoms with van der Waals surface area (Å²) in [6.45, 7) is 2.03. The Bertz CT molecular complexity index is 151. The molecule has 0 aliphatic heterocycles. The zero-order chi connectivity index (χ0) is 7.11. The molecule has 0 aliphatic rings. The molecule has 2 heteroatoms. The zero-order valence-corrected chi connectivity index (χ0v) is 6.24. The molecule has 48 valence electrons. The van der Waals surface area contributed by atoms with Gasteiger partial charge in [-0.15, -0.1) is 12.3 Å². The monoisotopic (exact) mass is 139 g/mol. The second kappa shape index (κ2) is 5.50. The van der Waals surface area contributed by atoms with Gasteiger partial charge in [0.1, 0.15) is 0 Å². The highest BCUT2D eigenvalue weighted by Gasteiger charge is 1.97. The molecule has 0 heterocycles. The van der Waals surface area contributed by atoms with Crippen LogP contribution in [0, 0.1) is 12.3 Å². The van der Waals surface area contributed by atoms with E-state index in [2.05, 4.69) is 28.3 Å². The quantitative estimate of drug-likeness (QED) is 0.330. The number of thiocarbonyl (C=S) groups is 1. The Balaban J connectivity index is 3.71. The third kappa shape index (κ3) is 3.90. The first kappa shape index (κ1) is 8.36. The molecule has 0 rings (SSSR count). The number of hydrogen-bond donors (Lipinski definition) is 0. The van der Waals surface area contributed by atoms with Crippen molar-refractivity contribution in [1.29, 1.82) is 0 Å². The molecule has 0 aromatic rings. The molecule has 0 spiro atoms. The van der Waals surface area contributed by atoms with Gasteiger partial charge >= 0.3 is 0 Å². The maximum absolute atomic E-state index is 5.06. The molecule has 1 unspecified atom stereocenters. The fourth-order valence-electron chi connectivity index (χ4n) is 0.492. The second-order valence-corrected chi connectivity index (χ2v) is 1.87. The van der Waals surface area contributed by atoms with E-state index in [1.807, 2.05) is 6.92 Å². The first-order valence-corrected chi connectivity index (χ1v) is 3.26. The van der Waals surface area contributed by atoms with E-state index in [0.717, 1.165) is 6.42 Å². The minimum absolute atomic E-state index is 0.188. The van der Waals surface area contributed by atoms with Crippen LogP contribution in [0.4, 0.5) is 0 Å². The van der Waals surface area contributed by atoms with E-state index in [-0.39, 0.29) is 6.04 Å². The fourth-order valence-corrected chi connectivity index (χ4v) is 0.641. The Labute approximate surface area is 61.2 Å². The van der Waals surface area contributed by atoms with Crippen LogP contribution in [0.5, 0.6) is 0 Å². The van der Waals surface area contributed by atoms with E-state index < -0.39 is 0 Å². The van der Waals surface area contributed by atoms with E-state index in [9.17, 15) is 0 Å². The summed E-state index contributed by atoms with van der Waals surface area (Å²) in [5.74, 6) is 2.52. The number of terminal acetylenes is 1. The molecule has 0 amide bonds. The minimum Gasteiger partial charge on any atom is -0.228 e. The molecular formula is C7H9NS. The molecular weight excluding hydrogens is 130 g/mol. The minimum atomic E-state index is 0.188. The van der Waals surface area contributed by atoms with Gasteiger partial charge in [-0.05, 0) is 18.6 Å². The molecule has 9 heavy (non-hydrogen) atoms. The molecule has 0 bridgehead atoms. The molecule has 1 atom stereocenters. The normalized spacial score (nSPS) is 11.1. The predicted octanol–water partition coefficient (Wildman–Crippen LogP) is 1.89. The van der Waals surface area contributed by atoms with Crippen LogP contribution < -0.4 is 0 Å². The van der Waals surface area contributed by atoms with Gasteiger partial charge in [0.05, 0.1) is 11.2 Å². The van der Waals surface area contributed by atoms with Crippen LogP contribution in [0.25, 0.3) is 0 Å². The average molecular weight is 139 g/mol. The first-order valence-electron chi connectivity index (χ1n) is 2.85.